The number of nitrogens with one attached hydrogen (secondary N) is 1. The summed E-state index contributed by atoms with van der Waals surface area (Å²) in [4.78, 5) is 27.7. The molecule has 0 spiro atoms. The molecule has 0 saturated carbocycles. The standard InChI is InChI=1S/C24H32N2O4/c1-6-19(23(28)25-24(2,3)4)26(16-18-12-8-7-9-13-18)22(27)17-30-21-15-11-10-14-20(21)29-5/h7-15,19H,6,16-17H2,1-5H3,(H,25,28)/t19-/m1/s1. The highest BCUT2D eigenvalue weighted by atomic mass is 16.5. The molecule has 0 bridgehead atoms. The second kappa shape index (κ2) is 10.7. The van der Waals surface area contributed by atoms with Crippen molar-refractivity contribution in [3.8, 4) is 11.5 Å². The van der Waals surface area contributed by atoms with Crippen LogP contribution in [-0.2, 0) is 16.1 Å². The van der Waals surface area contributed by atoms with E-state index in [1.54, 1.807) is 24.1 Å². The maximum Gasteiger partial charge on any atom is 0.261 e. The molecular weight excluding hydrogens is 380 g/mol. The molecule has 2 aromatic rings. The van der Waals surface area contributed by atoms with E-state index in [1.807, 2.05) is 70.2 Å². The number of hydrogen-bond acceptors (Lipinski definition) is 4. The fourth-order valence-corrected chi connectivity index (χ4v) is 3.11. The van der Waals surface area contributed by atoms with Crippen LogP contribution in [0.2, 0.25) is 0 Å². The largest absolute Gasteiger partial charge is 0.493 e. The van der Waals surface area contributed by atoms with E-state index < -0.39 is 6.04 Å². The number of hydrogen-bond donors (Lipinski definition) is 1. The van der Waals surface area contributed by atoms with Crippen molar-refractivity contribution >= 4 is 11.8 Å². The van der Waals surface area contributed by atoms with Gasteiger partial charge in [0.1, 0.15) is 6.04 Å². The molecule has 2 rings (SSSR count). The van der Waals surface area contributed by atoms with Gasteiger partial charge in [-0.05, 0) is 44.9 Å². The van der Waals surface area contributed by atoms with Crippen molar-refractivity contribution in [1.29, 1.82) is 0 Å². The quantitative estimate of drug-likeness (QED) is 0.680. The summed E-state index contributed by atoms with van der Waals surface area (Å²) in [5.41, 5.74) is 0.560. The minimum Gasteiger partial charge on any atom is -0.493 e. The molecule has 0 fully saturated rings. The Kier molecular flexibility index (Phi) is 8.27. The Morgan fingerprint density at radius 2 is 1.60 bits per heavy atom. The van der Waals surface area contributed by atoms with E-state index in [0.717, 1.165) is 5.56 Å². The van der Waals surface area contributed by atoms with E-state index in [0.29, 0.717) is 24.5 Å². The molecule has 162 valence electrons. The Morgan fingerprint density at radius 3 is 2.17 bits per heavy atom. The molecule has 0 aliphatic rings. The van der Waals surface area contributed by atoms with Crippen LogP contribution in [0.4, 0.5) is 0 Å². The highest BCUT2D eigenvalue weighted by Crippen LogP contribution is 2.26. The number of rotatable bonds is 9. The van der Waals surface area contributed by atoms with Gasteiger partial charge in [0.25, 0.3) is 5.91 Å². The predicted octanol–water partition coefficient (Wildman–Crippen LogP) is 3.80. The van der Waals surface area contributed by atoms with Gasteiger partial charge >= 0.3 is 0 Å². The summed E-state index contributed by atoms with van der Waals surface area (Å²) in [6, 6.07) is 16.2. The summed E-state index contributed by atoms with van der Waals surface area (Å²) >= 11 is 0. The Morgan fingerprint density at radius 1 is 1.00 bits per heavy atom. The number of carbonyl (C=O) groups excluding carboxylic acids is 2. The molecule has 2 aromatic carbocycles. The third kappa shape index (κ3) is 6.79. The smallest absolute Gasteiger partial charge is 0.261 e. The molecule has 6 heteroatoms. The average molecular weight is 413 g/mol. The molecule has 0 aliphatic heterocycles. The number of amides is 2. The number of para-hydroxylation sites is 2. The van der Waals surface area contributed by atoms with Gasteiger partial charge in [-0.2, -0.15) is 0 Å². The zero-order chi connectivity index (χ0) is 22.1. The van der Waals surface area contributed by atoms with Gasteiger partial charge in [-0.1, -0.05) is 49.4 Å². The average Bonchev–Trinajstić information content (AvgIpc) is 2.71. The predicted molar refractivity (Wildman–Crippen MR) is 117 cm³/mol. The molecule has 1 atom stereocenters. The van der Waals surface area contributed by atoms with E-state index in [4.69, 9.17) is 9.47 Å². The van der Waals surface area contributed by atoms with Gasteiger partial charge in [0.2, 0.25) is 5.91 Å². The summed E-state index contributed by atoms with van der Waals surface area (Å²) < 4.78 is 11.0. The lowest BCUT2D eigenvalue weighted by Gasteiger charge is -2.33. The summed E-state index contributed by atoms with van der Waals surface area (Å²) in [6.45, 7) is 7.81. The first-order chi connectivity index (χ1) is 14.2. The van der Waals surface area contributed by atoms with Crippen molar-refractivity contribution in [2.75, 3.05) is 13.7 Å². The molecule has 1 N–H and O–H groups in total. The Hall–Kier alpha value is -3.02. The molecular formula is C24H32N2O4. The third-order valence-corrected chi connectivity index (χ3v) is 4.50. The first-order valence-corrected chi connectivity index (χ1v) is 10.2. The van der Waals surface area contributed by atoms with E-state index in [2.05, 4.69) is 5.32 Å². The molecule has 30 heavy (non-hydrogen) atoms. The lowest BCUT2D eigenvalue weighted by molar-refractivity contribution is -0.143. The summed E-state index contributed by atoms with van der Waals surface area (Å²) in [5.74, 6) is 0.602. The monoisotopic (exact) mass is 412 g/mol. The van der Waals surface area contributed by atoms with E-state index in [-0.39, 0.29) is 24.0 Å². The van der Waals surface area contributed by atoms with Crippen molar-refractivity contribution in [3.63, 3.8) is 0 Å². The molecule has 6 nitrogen and oxygen atoms in total. The minimum absolute atomic E-state index is 0.174. The highest BCUT2D eigenvalue weighted by Gasteiger charge is 2.31. The van der Waals surface area contributed by atoms with Crippen molar-refractivity contribution in [2.24, 2.45) is 0 Å². The maximum atomic E-state index is 13.2. The Labute approximate surface area is 179 Å². The molecule has 0 heterocycles. The first-order valence-electron chi connectivity index (χ1n) is 10.2. The zero-order valence-corrected chi connectivity index (χ0v) is 18.5. The van der Waals surface area contributed by atoms with Crippen LogP contribution in [0.15, 0.2) is 54.6 Å². The van der Waals surface area contributed by atoms with Crippen LogP contribution in [-0.4, -0.2) is 42.0 Å². The fourth-order valence-electron chi connectivity index (χ4n) is 3.11. The number of ether oxygens (including phenoxy) is 2. The molecule has 0 unspecified atom stereocenters. The lowest BCUT2D eigenvalue weighted by Crippen LogP contribution is -2.54. The van der Waals surface area contributed by atoms with E-state index in [1.165, 1.54) is 0 Å². The normalized spacial score (nSPS) is 12.0. The van der Waals surface area contributed by atoms with Gasteiger partial charge in [0, 0.05) is 12.1 Å². The fraction of sp³-hybridized carbons (Fsp3) is 0.417. The van der Waals surface area contributed by atoms with Crippen LogP contribution >= 0.6 is 0 Å². The van der Waals surface area contributed by atoms with Gasteiger partial charge in [0.15, 0.2) is 18.1 Å². The first kappa shape index (κ1) is 23.3. The van der Waals surface area contributed by atoms with Crippen LogP contribution in [0.3, 0.4) is 0 Å². The lowest BCUT2D eigenvalue weighted by atomic mass is 10.1. The second-order valence-corrected chi connectivity index (χ2v) is 8.11. The SMILES string of the molecule is CC[C@H](C(=O)NC(C)(C)C)N(Cc1ccccc1)C(=O)COc1ccccc1OC. The van der Waals surface area contributed by atoms with Crippen molar-refractivity contribution < 1.29 is 19.1 Å². The third-order valence-electron chi connectivity index (χ3n) is 4.50. The van der Waals surface area contributed by atoms with Crippen LogP contribution in [0, 0.1) is 0 Å². The summed E-state index contributed by atoms with van der Waals surface area (Å²) in [7, 11) is 1.55. The van der Waals surface area contributed by atoms with E-state index >= 15 is 0 Å². The number of nitrogens with zero attached hydrogens (tertiary/aromatic N) is 1. The molecule has 2 amide bonds. The van der Waals surface area contributed by atoms with Gasteiger partial charge in [-0.3, -0.25) is 9.59 Å². The number of carbonyl (C=O) groups is 2. The Bertz CT molecular complexity index is 831. The summed E-state index contributed by atoms with van der Waals surface area (Å²) in [6.07, 6.45) is 0.495. The molecule has 0 aromatic heterocycles. The van der Waals surface area contributed by atoms with Crippen LogP contribution < -0.4 is 14.8 Å². The van der Waals surface area contributed by atoms with Crippen molar-refractivity contribution in [1.82, 2.24) is 10.2 Å². The highest BCUT2D eigenvalue weighted by molar-refractivity contribution is 5.88. The van der Waals surface area contributed by atoms with Gasteiger partial charge in [0.05, 0.1) is 7.11 Å². The van der Waals surface area contributed by atoms with Crippen LogP contribution in [0.25, 0.3) is 0 Å². The maximum absolute atomic E-state index is 13.2. The zero-order valence-electron chi connectivity index (χ0n) is 18.5. The topological polar surface area (TPSA) is 67.9 Å². The Balaban J connectivity index is 2.22. The van der Waals surface area contributed by atoms with Gasteiger partial charge in [-0.25, -0.2) is 0 Å². The van der Waals surface area contributed by atoms with Crippen LogP contribution in [0.5, 0.6) is 11.5 Å². The second-order valence-electron chi connectivity index (χ2n) is 8.11. The van der Waals surface area contributed by atoms with Crippen molar-refractivity contribution in [3.05, 3.63) is 60.2 Å². The molecule has 0 radical (unpaired) electrons. The minimum atomic E-state index is -0.599. The number of methoxy groups -OCH3 is 1. The molecule has 0 saturated heterocycles. The molecule has 0 aliphatic carbocycles. The van der Waals surface area contributed by atoms with Crippen LogP contribution in [0.1, 0.15) is 39.7 Å². The van der Waals surface area contributed by atoms with Gasteiger partial charge in [-0.15, -0.1) is 0 Å². The number of benzene rings is 2. The van der Waals surface area contributed by atoms with Gasteiger partial charge < -0.3 is 19.7 Å². The van der Waals surface area contributed by atoms with Crippen molar-refractivity contribution in [2.45, 2.75) is 52.2 Å². The summed E-state index contributed by atoms with van der Waals surface area (Å²) in [5, 5.41) is 2.99. The van der Waals surface area contributed by atoms with E-state index in [9.17, 15) is 9.59 Å².